The molecule has 254 valence electrons. The van der Waals surface area contributed by atoms with Gasteiger partial charge in [-0.3, -0.25) is 9.69 Å². The summed E-state index contributed by atoms with van der Waals surface area (Å²) in [6, 6.07) is 16.8. The maximum atomic E-state index is 13.1. The molecule has 0 aliphatic heterocycles. The quantitative estimate of drug-likeness (QED) is 0.0988. The Balaban J connectivity index is 1.25. The number of nitrogens with two attached hydrogens (primary N) is 1. The van der Waals surface area contributed by atoms with Crippen LogP contribution in [-0.2, 0) is 20.7 Å². The third-order valence-electron chi connectivity index (χ3n) is 8.56. The summed E-state index contributed by atoms with van der Waals surface area (Å²) in [6.07, 6.45) is 7.05. The molecule has 1 fully saturated rings. The lowest BCUT2D eigenvalue weighted by Gasteiger charge is -2.29. The number of halogens is 3. The van der Waals surface area contributed by atoms with Gasteiger partial charge in [-0.25, -0.2) is 4.79 Å². The fraction of sp³-hybridized carbons (Fsp3) is 0.444. The molecule has 3 aromatic rings. The van der Waals surface area contributed by atoms with Gasteiger partial charge in [-0.15, -0.1) is 0 Å². The van der Waals surface area contributed by atoms with Crippen LogP contribution in [0.4, 0.5) is 17.1 Å². The summed E-state index contributed by atoms with van der Waals surface area (Å²) in [5.74, 6) is -0.743. The number of likely N-dealkylation sites (N-methyl/N-ethyl adjacent to an activating group) is 1. The molecule has 0 spiro atoms. The lowest BCUT2D eigenvalue weighted by Crippen LogP contribution is -2.34. The molecule has 4 rings (SSSR count). The molecule has 0 aromatic heterocycles. The average molecular weight is 749 g/mol. The van der Waals surface area contributed by atoms with Crippen molar-refractivity contribution in [2.45, 2.75) is 70.9 Å². The number of hydrogen-bond acceptors (Lipinski definition) is 8. The van der Waals surface area contributed by atoms with Gasteiger partial charge in [0.15, 0.2) is 0 Å². The first-order chi connectivity index (χ1) is 22.7. The Morgan fingerprint density at radius 3 is 2.34 bits per heavy atom. The van der Waals surface area contributed by atoms with Crippen molar-refractivity contribution in [2.24, 2.45) is 0 Å². The summed E-state index contributed by atoms with van der Waals surface area (Å²) in [5, 5.41) is 7.98. The minimum absolute atomic E-state index is 0.0612. The number of benzene rings is 3. The van der Waals surface area contributed by atoms with E-state index in [1.165, 1.54) is 19.3 Å². The maximum Gasteiger partial charge on any atom is 0.338 e. The number of para-hydroxylation sites is 2. The zero-order chi connectivity index (χ0) is 33.8. The molecule has 47 heavy (non-hydrogen) atoms. The summed E-state index contributed by atoms with van der Waals surface area (Å²) in [4.78, 5) is 27.9. The number of hydrogen-bond donors (Lipinski definition) is 3. The van der Waals surface area contributed by atoms with Gasteiger partial charge in [0.05, 0.1) is 33.4 Å². The van der Waals surface area contributed by atoms with E-state index in [1.807, 2.05) is 37.3 Å². The van der Waals surface area contributed by atoms with Crippen molar-refractivity contribution in [1.29, 1.82) is 0 Å². The van der Waals surface area contributed by atoms with Crippen molar-refractivity contribution in [3.8, 4) is 0 Å². The van der Waals surface area contributed by atoms with Crippen LogP contribution >= 0.6 is 39.1 Å². The molecule has 8 nitrogen and oxygen atoms in total. The summed E-state index contributed by atoms with van der Waals surface area (Å²) < 4.78 is 11.9. The van der Waals surface area contributed by atoms with E-state index in [1.54, 1.807) is 24.3 Å². The number of nitrogens with one attached hydrogen (secondary N) is 2. The molecule has 0 amide bonds. The molecule has 0 radical (unpaired) electrons. The first kappa shape index (κ1) is 37.0. The van der Waals surface area contributed by atoms with Crippen molar-refractivity contribution in [3.05, 3.63) is 85.8 Å². The van der Waals surface area contributed by atoms with E-state index in [2.05, 4.69) is 38.4 Å². The van der Waals surface area contributed by atoms with Crippen LogP contribution in [0.1, 0.15) is 79.9 Å². The molecule has 1 aliphatic rings. The molecule has 1 atom stereocenters. The van der Waals surface area contributed by atoms with E-state index in [-0.39, 0.29) is 31.6 Å². The van der Waals surface area contributed by atoms with Crippen molar-refractivity contribution >= 4 is 68.1 Å². The predicted octanol–water partition coefficient (Wildman–Crippen LogP) is 8.72. The Bertz CT molecular complexity index is 1480. The van der Waals surface area contributed by atoms with E-state index in [9.17, 15) is 9.59 Å². The third kappa shape index (κ3) is 10.8. The summed E-state index contributed by atoms with van der Waals surface area (Å²) in [6.45, 7) is 6.30. The molecule has 1 aliphatic carbocycles. The van der Waals surface area contributed by atoms with Crippen molar-refractivity contribution in [3.63, 3.8) is 0 Å². The Morgan fingerprint density at radius 1 is 0.979 bits per heavy atom. The highest BCUT2D eigenvalue weighted by Crippen LogP contribution is 2.35. The molecule has 0 saturated heterocycles. The Hall–Kier alpha value is -2.82. The summed E-state index contributed by atoms with van der Waals surface area (Å²) in [7, 11) is 0. The van der Waals surface area contributed by atoms with Crippen molar-refractivity contribution in [1.82, 2.24) is 10.2 Å². The van der Waals surface area contributed by atoms with Crippen LogP contribution in [0, 0.1) is 0 Å². The van der Waals surface area contributed by atoms with Crippen LogP contribution < -0.4 is 16.4 Å². The second-order valence-electron chi connectivity index (χ2n) is 11.8. The monoisotopic (exact) mass is 746 g/mol. The molecule has 4 N–H and O–H groups in total. The van der Waals surface area contributed by atoms with Crippen LogP contribution in [-0.4, -0.2) is 55.7 Å². The normalized spacial score (nSPS) is 14.2. The van der Waals surface area contributed by atoms with Crippen LogP contribution in [0.25, 0.3) is 0 Å². The van der Waals surface area contributed by atoms with Crippen molar-refractivity contribution in [2.75, 3.05) is 43.9 Å². The number of nitrogens with zero attached hydrogens (tertiary/aromatic N) is 1. The van der Waals surface area contributed by atoms with Gasteiger partial charge in [0.2, 0.25) is 0 Å². The second-order valence-corrected chi connectivity index (χ2v) is 13.4. The molecule has 1 saturated carbocycles. The Kier molecular flexibility index (Phi) is 14.7. The van der Waals surface area contributed by atoms with Crippen LogP contribution in [0.15, 0.2) is 59.1 Å². The Morgan fingerprint density at radius 2 is 1.66 bits per heavy atom. The molecule has 3 aromatic carbocycles. The molecule has 1 unspecified atom stereocenters. The van der Waals surface area contributed by atoms with Gasteiger partial charge in [-0.1, -0.05) is 80.6 Å². The number of nitrogen functional groups attached to an aromatic ring is 1. The highest BCUT2D eigenvalue weighted by molar-refractivity contribution is 9.10. The average Bonchev–Trinajstić information content (AvgIpc) is 3.07. The predicted molar refractivity (Wildman–Crippen MR) is 195 cm³/mol. The molecular weight excluding hydrogens is 703 g/mol. The SMILES string of the molecule is CCC(NC1CCCCC1)c1cc(C(=O)OCCN(CC)CCOC(=O)Cc2ccccc2Nc2c(Cl)cccc2Cl)cc(Br)c1N. The summed E-state index contributed by atoms with van der Waals surface area (Å²) >= 11 is 16.2. The third-order valence-corrected chi connectivity index (χ3v) is 9.84. The van der Waals surface area contributed by atoms with E-state index in [4.69, 9.17) is 38.4 Å². The van der Waals surface area contributed by atoms with Crippen LogP contribution in [0.3, 0.4) is 0 Å². The summed E-state index contributed by atoms with van der Waals surface area (Å²) in [5.41, 5.74) is 10.6. The van der Waals surface area contributed by atoms with Crippen LogP contribution in [0.5, 0.6) is 0 Å². The highest BCUT2D eigenvalue weighted by atomic mass is 79.9. The maximum absolute atomic E-state index is 13.1. The number of carbonyl (C=O) groups excluding carboxylic acids is 2. The van der Waals surface area contributed by atoms with Gasteiger partial charge in [0.1, 0.15) is 13.2 Å². The lowest BCUT2D eigenvalue weighted by molar-refractivity contribution is -0.143. The smallest absolute Gasteiger partial charge is 0.338 e. The standard InChI is InChI=1S/C36H45BrCl2N4O4/c1-3-31(41-26-12-6-5-7-13-26)27-21-25(22-28(37)34(27)40)36(45)47-20-18-43(4-2)17-19-46-33(44)23-24-11-8-9-16-32(24)42-35-29(38)14-10-15-30(35)39/h8-11,14-16,21-22,26,31,41-42H,3-7,12-13,17-20,23,40H2,1-2H3. The molecular formula is C36H45BrCl2N4O4. The molecule has 11 heteroatoms. The van der Waals surface area contributed by atoms with E-state index < -0.39 is 5.97 Å². The number of carbonyl (C=O) groups is 2. The topological polar surface area (TPSA) is 106 Å². The first-order valence-corrected chi connectivity index (χ1v) is 17.9. The van der Waals surface area contributed by atoms with Gasteiger partial charge < -0.3 is 25.8 Å². The minimum Gasteiger partial charge on any atom is -0.464 e. The number of rotatable bonds is 16. The zero-order valence-electron chi connectivity index (χ0n) is 27.1. The lowest BCUT2D eigenvalue weighted by atomic mass is 9.92. The van der Waals surface area contributed by atoms with Gasteiger partial charge in [0.25, 0.3) is 0 Å². The zero-order valence-corrected chi connectivity index (χ0v) is 30.2. The van der Waals surface area contributed by atoms with E-state index >= 15 is 0 Å². The number of esters is 2. The van der Waals surface area contributed by atoms with E-state index in [0.29, 0.717) is 57.1 Å². The number of ether oxygens (including phenoxy) is 2. The van der Waals surface area contributed by atoms with Gasteiger partial charge in [-0.05, 0) is 83.2 Å². The highest BCUT2D eigenvalue weighted by Gasteiger charge is 2.23. The minimum atomic E-state index is -0.396. The van der Waals surface area contributed by atoms with Crippen molar-refractivity contribution < 1.29 is 19.1 Å². The number of anilines is 3. The fourth-order valence-corrected chi connectivity index (χ4v) is 6.82. The Labute approximate surface area is 296 Å². The van der Waals surface area contributed by atoms with Gasteiger partial charge in [0, 0.05) is 35.3 Å². The fourth-order valence-electron chi connectivity index (χ4n) is 5.85. The molecule has 0 heterocycles. The second kappa shape index (κ2) is 18.7. The largest absolute Gasteiger partial charge is 0.464 e. The van der Waals surface area contributed by atoms with Crippen LogP contribution in [0.2, 0.25) is 10.0 Å². The van der Waals surface area contributed by atoms with Gasteiger partial charge in [-0.2, -0.15) is 0 Å². The van der Waals surface area contributed by atoms with E-state index in [0.717, 1.165) is 36.1 Å². The first-order valence-electron chi connectivity index (χ1n) is 16.4. The molecule has 0 bridgehead atoms. The van der Waals surface area contributed by atoms with Gasteiger partial charge >= 0.3 is 11.9 Å².